The first kappa shape index (κ1) is 25.3. The van der Waals surface area contributed by atoms with Gasteiger partial charge in [0.2, 0.25) is 17.7 Å². The Morgan fingerprint density at radius 1 is 1.03 bits per heavy atom. The summed E-state index contributed by atoms with van der Waals surface area (Å²) in [4.78, 5) is 45.0. The van der Waals surface area contributed by atoms with Crippen LogP contribution in [0.4, 0.5) is 10.2 Å². The van der Waals surface area contributed by atoms with Gasteiger partial charge in [-0.3, -0.25) is 14.4 Å². The Kier molecular flexibility index (Phi) is 9.13. The van der Waals surface area contributed by atoms with Crippen molar-refractivity contribution >= 4 is 23.5 Å². The van der Waals surface area contributed by atoms with Crippen LogP contribution < -0.4 is 10.6 Å². The van der Waals surface area contributed by atoms with Gasteiger partial charge in [-0.2, -0.15) is 0 Å². The zero-order chi connectivity index (χ0) is 24.5. The van der Waals surface area contributed by atoms with Crippen LogP contribution in [0, 0.1) is 5.82 Å². The molecule has 3 amide bonds. The van der Waals surface area contributed by atoms with Crippen LogP contribution in [-0.2, 0) is 14.4 Å². The number of benzene rings is 1. The molecule has 182 valence electrons. The SMILES string of the molecule is CC(C)NC(=O)[C@@H](c1ccc(F)cc1)N(C(=O)CCC(=O)Nc1ccccn1)C1CCCCC1. The lowest BCUT2D eigenvalue weighted by molar-refractivity contribution is -0.145. The monoisotopic (exact) mass is 468 g/mol. The van der Waals surface area contributed by atoms with Crippen LogP contribution in [0.25, 0.3) is 0 Å². The van der Waals surface area contributed by atoms with Crippen LogP contribution in [0.15, 0.2) is 48.7 Å². The number of nitrogens with one attached hydrogen (secondary N) is 2. The molecule has 1 heterocycles. The zero-order valence-electron chi connectivity index (χ0n) is 19.8. The van der Waals surface area contributed by atoms with Gasteiger partial charge in [0, 0.05) is 31.1 Å². The lowest BCUT2D eigenvalue weighted by Crippen LogP contribution is -2.50. The van der Waals surface area contributed by atoms with E-state index in [9.17, 15) is 18.8 Å². The van der Waals surface area contributed by atoms with E-state index >= 15 is 0 Å². The van der Waals surface area contributed by atoms with Crippen molar-refractivity contribution in [3.05, 3.63) is 60.0 Å². The standard InChI is InChI=1S/C26H33FN4O3/c1-18(2)29-26(34)25(19-11-13-20(27)14-12-19)31(21-8-4-3-5-9-21)24(33)16-15-23(32)30-22-10-6-7-17-28-22/h6-7,10-14,17-18,21,25H,3-5,8-9,15-16H2,1-2H3,(H,29,34)(H,28,30,32)/t25-/m1/s1. The third-order valence-corrected chi connectivity index (χ3v) is 5.90. The van der Waals surface area contributed by atoms with Gasteiger partial charge in [0.1, 0.15) is 17.7 Å². The van der Waals surface area contributed by atoms with Crippen molar-refractivity contribution in [3.63, 3.8) is 0 Å². The van der Waals surface area contributed by atoms with Gasteiger partial charge in [-0.1, -0.05) is 37.5 Å². The Hall–Kier alpha value is -3.29. The average Bonchev–Trinajstić information content (AvgIpc) is 2.82. The molecule has 2 aromatic rings. The van der Waals surface area contributed by atoms with Gasteiger partial charge in [-0.05, 0) is 56.5 Å². The number of halogens is 1. The molecule has 3 rings (SSSR count). The smallest absolute Gasteiger partial charge is 0.247 e. The maximum atomic E-state index is 13.6. The number of aromatic nitrogens is 1. The number of nitrogens with zero attached hydrogens (tertiary/aromatic N) is 2. The van der Waals surface area contributed by atoms with Gasteiger partial charge in [0.15, 0.2) is 0 Å². The van der Waals surface area contributed by atoms with Gasteiger partial charge < -0.3 is 15.5 Å². The molecule has 0 aliphatic heterocycles. The predicted molar refractivity (Wildman–Crippen MR) is 128 cm³/mol. The summed E-state index contributed by atoms with van der Waals surface area (Å²) in [7, 11) is 0. The number of carbonyl (C=O) groups is 3. The van der Waals surface area contributed by atoms with E-state index in [1.165, 1.54) is 12.1 Å². The highest BCUT2D eigenvalue weighted by Gasteiger charge is 2.37. The third kappa shape index (κ3) is 7.10. The molecule has 8 heteroatoms. The number of anilines is 1. The van der Waals surface area contributed by atoms with Crippen LogP contribution in [0.5, 0.6) is 0 Å². The number of pyridine rings is 1. The Morgan fingerprint density at radius 2 is 1.74 bits per heavy atom. The molecular formula is C26H33FN4O3. The number of hydrogen-bond acceptors (Lipinski definition) is 4. The molecule has 0 saturated heterocycles. The molecule has 1 atom stereocenters. The molecule has 7 nitrogen and oxygen atoms in total. The van der Waals surface area contributed by atoms with E-state index in [1.54, 1.807) is 41.4 Å². The molecule has 0 spiro atoms. The van der Waals surface area contributed by atoms with Gasteiger partial charge >= 0.3 is 0 Å². The van der Waals surface area contributed by atoms with Gasteiger partial charge in [0.05, 0.1) is 0 Å². The summed E-state index contributed by atoms with van der Waals surface area (Å²) in [6.07, 6.45) is 6.11. The Bertz CT molecular complexity index is 960. The molecule has 1 aliphatic rings. The number of hydrogen-bond donors (Lipinski definition) is 2. The van der Waals surface area contributed by atoms with E-state index in [1.807, 2.05) is 13.8 Å². The van der Waals surface area contributed by atoms with Crippen LogP contribution in [0.2, 0.25) is 0 Å². The molecule has 1 aromatic carbocycles. The molecule has 1 aliphatic carbocycles. The molecule has 34 heavy (non-hydrogen) atoms. The summed E-state index contributed by atoms with van der Waals surface area (Å²) in [5.74, 6) is -0.881. The fourth-order valence-electron chi connectivity index (χ4n) is 4.36. The Labute approximate surface area is 200 Å². The van der Waals surface area contributed by atoms with Crippen LogP contribution in [-0.4, -0.2) is 39.7 Å². The summed E-state index contributed by atoms with van der Waals surface area (Å²) in [5, 5.41) is 5.60. The lowest BCUT2D eigenvalue weighted by Gasteiger charge is -2.40. The highest BCUT2D eigenvalue weighted by Crippen LogP contribution is 2.32. The number of carbonyl (C=O) groups excluding carboxylic acids is 3. The van der Waals surface area contributed by atoms with Crippen molar-refractivity contribution in [1.29, 1.82) is 0 Å². The summed E-state index contributed by atoms with van der Waals surface area (Å²) >= 11 is 0. The predicted octanol–water partition coefficient (Wildman–Crippen LogP) is 4.37. The van der Waals surface area contributed by atoms with E-state index < -0.39 is 11.9 Å². The Morgan fingerprint density at radius 3 is 2.35 bits per heavy atom. The minimum atomic E-state index is -0.891. The van der Waals surface area contributed by atoms with Crippen LogP contribution in [0.1, 0.15) is 70.4 Å². The first-order valence-electron chi connectivity index (χ1n) is 11.9. The van der Waals surface area contributed by atoms with Gasteiger partial charge in [-0.25, -0.2) is 9.37 Å². The van der Waals surface area contributed by atoms with Gasteiger partial charge in [0.25, 0.3) is 0 Å². The van der Waals surface area contributed by atoms with Gasteiger partial charge in [-0.15, -0.1) is 0 Å². The largest absolute Gasteiger partial charge is 0.352 e. The van der Waals surface area contributed by atoms with Crippen LogP contribution >= 0.6 is 0 Å². The third-order valence-electron chi connectivity index (χ3n) is 5.90. The topological polar surface area (TPSA) is 91.4 Å². The first-order chi connectivity index (χ1) is 16.3. The van der Waals surface area contributed by atoms with Crippen molar-refractivity contribution in [2.75, 3.05) is 5.32 Å². The zero-order valence-corrected chi connectivity index (χ0v) is 19.8. The fourth-order valence-corrected chi connectivity index (χ4v) is 4.36. The summed E-state index contributed by atoms with van der Waals surface area (Å²) in [5.41, 5.74) is 0.552. The van der Waals surface area contributed by atoms with Crippen molar-refractivity contribution in [3.8, 4) is 0 Å². The maximum Gasteiger partial charge on any atom is 0.247 e. The highest BCUT2D eigenvalue weighted by atomic mass is 19.1. The summed E-state index contributed by atoms with van der Waals surface area (Å²) < 4.78 is 13.6. The molecule has 0 radical (unpaired) electrons. The number of rotatable bonds is 9. The minimum Gasteiger partial charge on any atom is -0.352 e. The van der Waals surface area contributed by atoms with E-state index in [0.717, 1.165) is 32.1 Å². The van der Waals surface area contributed by atoms with E-state index in [2.05, 4.69) is 15.6 Å². The molecule has 1 saturated carbocycles. The average molecular weight is 469 g/mol. The van der Waals surface area contributed by atoms with Crippen molar-refractivity contribution in [2.24, 2.45) is 0 Å². The number of amides is 3. The molecule has 1 fully saturated rings. The van der Waals surface area contributed by atoms with E-state index in [4.69, 9.17) is 0 Å². The normalized spacial score (nSPS) is 14.9. The van der Waals surface area contributed by atoms with Crippen molar-refractivity contribution in [1.82, 2.24) is 15.2 Å². The molecular weight excluding hydrogens is 435 g/mol. The van der Waals surface area contributed by atoms with Crippen molar-refractivity contribution in [2.45, 2.75) is 76.9 Å². The quantitative estimate of drug-likeness (QED) is 0.572. The Balaban J connectivity index is 1.83. The molecule has 1 aromatic heterocycles. The summed E-state index contributed by atoms with van der Waals surface area (Å²) in [6, 6.07) is 9.76. The first-order valence-corrected chi connectivity index (χ1v) is 11.9. The van der Waals surface area contributed by atoms with Crippen molar-refractivity contribution < 1.29 is 18.8 Å². The van der Waals surface area contributed by atoms with Crippen LogP contribution in [0.3, 0.4) is 0 Å². The minimum absolute atomic E-state index is 0.0272. The lowest BCUT2D eigenvalue weighted by atomic mass is 9.91. The van der Waals surface area contributed by atoms with E-state index in [-0.39, 0.29) is 42.6 Å². The second-order valence-electron chi connectivity index (χ2n) is 8.97. The second-order valence-corrected chi connectivity index (χ2v) is 8.97. The van der Waals surface area contributed by atoms with E-state index in [0.29, 0.717) is 11.4 Å². The second kappa shape index (κ2) is 12.3. The summed E-state index contributed by atoms with van der Waals surface area (Å²) in [6.45, 7) is 3.71. The molecule has 0 unspecified atom stereocenters. The molecule has 2 N–H and O–H groups in total. The maximum absolute atomic E-state index is 13.6. The highest BCUT2D eigenvalue weighted by molar-refractivity contribution is 5.94. The fraction of sp³-hybridized carbons (Fsp3) is 0.462. The molecule has 0 bridgehead atoms.